The van der Waals surface area contributed by atoms with Gasteiger partial charge in [-0.25, -0.2) is 8.42 Å². The molecule has 1 aliphatic carbocycles. The Kier molecular flexibility index (Phi) is 5.26. The van der Waals surface area contributed by atoms with Crippen molar-refractivity contribution in [2.45, 2.75) is 75.0 Å². The van der Waals surface area contributed by atoms with Gasteiger partial charge in [0.2, 0.25) is 5.91 Å². The summed E-state index contributed by atoms with van der Waals surface area (Å²) in [6.07, 6.45) is 8.16. The van der Waals surface area contributed by atoms with Gasteiger partial charge < -0.3 is 5.32 Å². The van der Waals surface area contributed by atoms with Crippen molar-refractivity contribution >= 4 is 15.7 Å². The zero-order valence-electron chi connectivity index (χ0n) is 12.4. The number of nitriles is 1. The van der Waals surface area contributed by atoms with Crippen LogP contribution >= 0.6 is 0 Å². The molecule has 0 spiro atoms. The molecule has 0 aromatic carbocycles. The van der Waals surface area contributed by atoms with E-state index in [0.29, 0.717) is 25.7 Å². The minimum Gasteiger partial charge on any atom is -0.337 e. The van der Waals surface area contributed by atoms with E-state index >= 15 is 0 Å². The van der Waals surface area contributed by atoms with Gasteiger partial charge in [-0.3, -0.25) is 4.79 Å². The summed E-state index contributed by atoms with van der Waals surface area (Å²) in [5.41, 5.74) is -0.871. The lowest BCUT2D eigenvalue weighted by molar-refractivity contribution is -0.122. The summed E-state index contributed by atoms with van der Waals surface area (Å²) in [6, 6.07) is 2.26. The molecule has 1 heterocycles. The number of nitrogens with zero attached hydrogens (tertiary/aromatic N) is 1. The van der Waals surface area contributed by atoms with E-state index < -0.39 is 26.5 Å². The molecule has 21 heavy (non-hydrogen) atoms. The molecule has 0 aromatic heterocycles. The third-order valence-corrected chi connectivity index (χ3v) is 6.83. The fourth-order valence-electron chi connectivity index (χ4n) is 3.34. The summed E-state index contributed by atoms with van der Waals surface area (Å²) in [6.45, 7) is 0. The highest BCUT2D eigenvalue weighted by molar-refractivity contribution is 7.92. The van der Waals surface area contributed by atoms with Gasteiger partial charge in [0.15, 0.2) is 9.84 Å². The highest BCUT2D eigenvalue weighted by Gasteiger charge is 2.39. The van der Waals surface area contributed by atoms with Crippen LogP contribution in [-0.2, 0) is 14.6 Å². The molecule has 1 unspecified atom stereocenters. The normalized spacial score (nSPS) is 28.6. The molecule has 0 radical (unpaired) electrons. The smallest absolute Gasteiger partial charge is 0.239 e. The highest BCUT2D eigenvalue weighted by atomic mass is 32.2. The number of amides is 1. The van der Waals surface area contributed by atoms with Gasteiger partial charge in [0.1, 0.15) is 10.8 Å². The Labute approximate surface area is 127 Å². The molecule has 6 heteroatoms. The van der Waals surface area contributed by atoms with Crippen molar-refractivity contribution in [3.8, 4) is 6.07 Å². The Hall–Kier alpha value is -1.09. The molecule has 2 fully saturated rings. The summed E-state index contributed by atoms with van der Waals surface area (Å²) in [5, 5.41) is 11.4. The molecular weight excluding hydrogens is 288 g/mol. The van der Waals surface area contributed by atoms with Crippen molar-refractivity contribution in [1.29, 1.82) is 5.26 Å². The summed E-state index contributed by atoms with van der Waals surface area (Å²) in [5.74, 6) is -0.373. The Morgan fingerprint density at radius 2 is 1.67 bits per heavy atom. The van der Waals surface area contributed by atoms with Crippen LogP contribution in [0.1, 0.15) is 64.2 Å². The predicted molar refractivity (Wildman–Crippen MR) is 80.2 cm³/mol. The maximum absolute atomic E-state index is 12.4. The zero-order valence-corrected chi connectivity index (χ0v) is 13.3. The summed E-state index contributed by atoms with van der Waals surface area (Å²) < 4.78 is 24.1. The second-order valence-electron chi connectivity index (χ2n) is 6.30. The molecule has 5 nitrogen and oxygen atoms in total. The topological polar surface area (TPSA) is 87.0 Å². The molecule has 1 N–H and O–H groups in total. The van der Waals surface area contributed by atoms with Crippen LogP contribution in [0.4, 0.5) is 0 Å². The SMILES string of the molecule is N#CC1(NC(=O)C2CCCCS2(=O)=O)CCCCCCC1. The molecule has 2 aliphatic rings. The minimum atomic E-state index is -3.35. The fourth-order valence-corrected chi connectivity index (χ4v) is 5.14. The standard InChI is InChI=1S/C15H24N2O3S/c16-12-15(9-5-2-1-3-6-10-15)17-14(18)13-8-4-7-11-21(13,19)20/h13H,1-11H2,(H,17,18). The van der Waals surface area contributed by atoms with Gasteiger partial charge in [0.05, 0.1) is 11.8 Å². The van der Waals surface area contributed by atoms with Gasteiger partial charge in [-0.1, -0.05) is 38.5 Å². The van der Waals surface area contributed by atoms with Crippen LogP contribution < -0.4 is 5.32 Å². The van der Waals surface area contributed by atoms with Crippen molar-refractivity contribution < 1.29 is 13.2 Å². The van der Waals surface area contributed by atoms with E-state index in [1.54, 1.807) is 0 Å². The van der Waals surface area contributed by atoms with Crippen molar-refractivity contribution in [2.24, 2.45) is 0 Å². The first-order valence-electron chi connectivity index (χ1n) is 7.94. The summed E-state index contributed by atoms with van der Waals surface area (Å²) >= 11 is 0. The quantitative estimate of drug-likeness (QED) is 0.845. The molecule has 0 bridgehead atoms. The number of nitrogens with one attached hydrogen (secondary N) is 1. The van der Waals surface area contributed by atoms with Gasteiger partial charge in [0.25, 0.3) is 0 Å². The monoisotopic (exact) mass is 312 g/mol. The van der Waals surface area contributed by atoms with E-state index in [2.05, 4.69) is 11.4 Å². The lowest BCUT2D eigenvalue weighted by Crippen LogP contribution is -2.53. The molecule has 1 aliphatic heterocycles. The van der Waals surface area contributed by atoms with Gasteiger partial charge in [-0.05, 0) is 25.7 Å². The lowest BCUT2D eigenvalue weighted by Gasteiger charge is -2.32. The molecule has 118 valence electrons. The first-order valence-corrected chi connectivity index (χ1v) is 9.65. The van der Waals surface area contributed by atoms with Crippen molar-refractivity contribution in [1.82, 2.24) is 5.32 Å². The fraction of sp³-hybridized carbons (Fsp3) is 0.867. The van der Waals surface area contributed by atoms with Crippen molar-refractivity contribution in [3.63, 3.8) is 0 Å². The van der Waals surface area contributed by atoms with E-state index in [1.165, 1.54) is 6.42 Å². The Balaban J connectivity index is 2.09. The predicted octanol–water partition coefficient (Wildman–Crippen LogP) is 2.08. The maximum atomic E-state index is 12.4. The van der Waals surface area contributed by atoms with E-state index in [4.69, 9.17) is 0 Å². The van der Waals surface area contributed by atoms with Crippen LogP contribution in [0, 0.1) is 11.3 Å². The third-order valence-electron chi connectivity index (χ3n) is 4.65. The number of sulfone groups is 1. The molecular formula is C15H24N2O3S. The second kappa shape index (κ2) is 6.78. The van der Waals surface area contributed by atoms with E-state index in [-0.39, 0.29) is 5.75 Å². The minimum absolute atomic E-state index is 0.0879. The molecule has 1 saturated heterocycles. The Morgan fingerprint density at radius 3 is 2.24 bits per heavy atom. The average molecular weight is 312 g/mol. The molecule has 1 atom stereocenters. The maximum Gasteiger partial charge on any atom is 0.239 e. The first-order chi connectivity index (χ1) is 9.99. The molecule has 0 aromatic rings. The summed E-state index contributed by atoms with van der Waals surface area (Å²) in [7, 11) is -3.35. The van der Waals surface area contributed by atoms with Crippen LogP contribution in [0.3, 0.4) is 0 Å². The second-order valence-corrected chi connectivity index (χ2v) is 8.61. The Morgan fingerprint density at radius 1 is 1.05 bits per heavy atom. The first kappa shape index (κ1) is 16.3. The van der Waals surface area contributed by atoms with E-state index in [1.807, 2.05) is 0 Å². The van der Waals surface area contributed by atoms with Gasteiger partial charge in [-0.15, -0.1) is 0 Å². The van der Waals surface area contributed by atoms with Crippen molar-refractivity contribution in [2.75, 3.05) is 5.75 Å². The van der Waals surface area contributed by atoms with Crippen LogP contribution in [-0.4, -0.2) is 30.9 Å². The number of carbonyl (C=O) groups is 1. The van der Waals surface area contributed by atoms with Gasteiger partial charge >= 0.3 is 0 Å². The number of hydrogen-bond acceptors (Lipinski definition) is 4. The zero-order chi connectivity index (χ0) is 15.3. The lowest BCUT2D eigenvalue weighted by atomic mass is 9.85. The van der Waals surface area contributed by atoms with Crippen LogP contribution in [0.25, 0.3) is 0 Å². The van der Waals surface area contributed by atoms with Crippen LogP contribution in [0.15, 0.2) is 0 Å². The van der Waals surface area contributed by atoms with Crippen LogP contribution in [0.2, 0.25) is 0 Å². The Bertz CT molecular complexity index is 514. The number of rotatable bonds is 2. The van der Waals surface area contributed by atoms with E-state index in [0.717, 1.165) is 32.1 Å². The summed E-state index contributed by atoms with van der Waals surface area (Å²) in [4.78, 5) is 12.4. The van der Waals surface area contributed by atoms with Crippen molar-refractivity contribution in [3.05, 3.63) is 0 Å². The average Bonchev–Trinajstić information content (AvgIpc) is 2.41. The molecule has 1 amide bonds. The van der Waals surface area contributed by atoms with Gasteiger partial charge in [-0.2, -0.15) is 5.26 Å². The highest BCUT2D eigenvalue weighted by Crippen LogP contribution is 2.27. The number of carbonyl (C=O) groups excluding carboxylic acids is 1. The number of hydrogen-bond donors (Lipinski definition) is 1. The molecule has 1 saturated carbocycles. The van der Waals surface area contributed by atoms with Crippen LogP contribution in [0.5, 0.6) is 0 Å². The third kappa shape index (κ3) is 3.97. The van der Waals surface area contributed by atoms with Gasteiger partial charge in [0, 0.05) is 0 Å². The molecule has 2 rings (SSSR count). The van der Waals surface area contributed by atoms with E-state index in [9.17, 15) is 18.5 Å². The largest absolute Gasteiger partial charge is 0.337 e.